The number of halogens is 1. The molecule has 1 atom stereocenters. The van der Waals surface area contributed by atoms with Crippen molar-refractivity contribution < 1.29 is 15.0 Å². The van der Waals surface area contributed by atoms with E-state index in [9.17, 15) is 15.0 Å². The largest absolute Gasteiger partial charge is 0.478 e. The number of aromatic nitrogens is 1. The maximum absolute atomic E-state index is 11.8. The van der Waals surface area contributed by atoms with Crippen molar-refractivity contribution in [2.75, 3.05) is 6.61 Å². The molecule has 0 saturated heterocycles. The van der Waals surface area contributed by atoms with Crippen molar-refractivity contribution in [3.8, 4) is 0 Å². The molecule has 2 N–H and O–H groups in total. The van der Waals surface area contributed by atoms with Crippen LogP contribution in [0, 0.1) is 0 Å². The van der Waals surface area contributed by atoms with E-state index in [1.807, 2.05) is 60.7 Å². The van der Waals surface area contributed by atoms with Gasteiger partial charge in [0.1, 0.15) is 0 Å². The molecule has 1 heterocycles. The summed E-state index contributed by atoms with van der Waals surface area (Å²) in [5.74, 6) is -1.24. The predicted octanol–water partition coefficient (Wildman–Crippen LogP) is 6.16. The highest BCUT2D eigenvalue weighted by atomic mass is 35.5. The van der Waals surface area contributed by atoms with Gasteiger partial charge in [0.15, 0.2) is 0 Å². The molecule has 0 bridgehead atoms. The van der Waals surface area contributed by atoms with Crippen LogP contribution in [0.4, 0.5) is 0 Å². The number of carbonyl (C=O) groups is 1. The molecule has 160 valence electrons. The molecule has 0 saturated carbocycles. The van der Waals surface area contributed by atoms with Crippen LogP contribution >= 0.6 is 11.6 Å². The lowest BCUT2D eigenvalue weighted by Gasteiger charge is -2.20. The number of aliphatic hydroxyl groups excluding tert-OH is 1. The summed E-state index contributed by atoms with van der Waals surface area (Å²) in [5, 5.41) is 20.9. The molecule has 0 aliphatic carbocycles. The van der Waals surface area contributed by atoms with Crippen LogP contribution in [-0.2, 0) is 0 Å². The van der Waals surface area contributed by atoms with Crippen molar-refractivity contribution in [3.05, 3.63) is 118 Å². The van der Waals surface area contributed by atoms with Gasteiger partial charge in [0, 0.05) is 28.5 Å². The van der Waals surface area contributed by atoms with Crippen LogP contribution in [0.3, 0.4) is 0 Å². The van der Waals surface area contributed by atoms with E-state index < -0.39 is 5.97 Å². The minimum atomic E-state index is -0.983. The van der Waals surface area contributed by atoms with E-state index in [0.29, 0.717) is 17.0 Å². The van der Waals surface area contributed by atoms with Gasteiger partial charge >= 0.3 is 5.97 Å². The quantitative estimate of drug-likeness (QED) is 0.358. The molecule has 0 amide bonds. The summed E-state index contributed by atoms with van der Waals surface area (Å²) in [6, 6.07) is 24.2. The first kappa shape index (κ1) is 21.8. The smallest absolute Gasteiger partial charge is 0.335 e. The van der Waals surface area contributed by atoms with Crippen LogP contribution in [0.1, 0.15) is 45.1 Å². The van der Waals surface area contributed by atoms with Crippen molar-refractivity contribution in [1.82, 2.24) is 4.98 Å². The van der Waals surface area contributed by atoms with Crippen molar-refractivity contribution in [3.63, 3.8) is 0 Å². The Labute approximate surface area is 191 Å². The second-order valence-corrected chi connectivity index (χ2v) is 8.03. The number of rotatable bonds is 7. The zero-order valence-corrected chi connectivity index (χ0v) is 18.1. The van der Waals surface area contributed by atoms with Crippen LogP contribution in [-0.4, -0.2) is 27.8 Å². The van der Waals surface area contributed by atoms with Gasteiger partial charge in [-0.1, -0.05) is 72.8 Å². The molecule has 4 nitrogen and oxygen atoms in total. The predicted molar refractivity (Wildman–Crippen MR) is 128 cm³/mol. The molecule has 3 aromatic carbocycles. The Morgan fingerprint density at radius 2 is 1.78 bits per heavy atom. The Hall–Kier alpha value is -3.47. The summed E-state index contributed by atoms with van der Waals surface area (Å²) in [7, 11) is 0. The Balaban J connectivity index is 1.74. The molecule has 4 rings (SSSR count). The summed E-state index contributed by atoms with van der Waals surface area (Å²) in [4.78, 5) is 16.5. The zero-order chi connectivity index (χ0) is 22.7. The van der Waals surface area contributed by atoms with Gasteiger partial charge in [-0.15, -0.1) is 0 Å². The number of aliphatic hydroxyl groups is 1. The Bertz CT molecular complexity index is 1320. The van der Waals surface area contributed by atoms with Crippen LogP contribution < -0.4 is 0 Å². The van der Waals surface area contributed by atoms with Gasteiger partial charge in [0.2, 0.25) is 0 Å². The van der Waals surface area contributed by atoms with Gasteiger partial charge in [0.25, 0.3) is 0 Å². The van der Waals surface area contributed by atoms with Gasteiger partial charge in [-0.05, 0) is 47.4 Å². The lowest BCUT2D eigenvalue weighted by molar-refractivity contribution is 0.0695. The third kappa shape index (κ3) is 4.42. The van der Waals surface area contributed by atoms with Crippen LogP contribution in [0.15, 0.2) is 85.4 Å². The zero-order valence-electron chi connectivity index (χ0n) is 17.3. The van der Waals surface area contributed by atoms with Crippen molar-refractivity contribution in [2.45, 2.75) is 12.3 Å². The molecule has 4 aromatic rings. The second-order valence-electron chi connectivity index (χ2n) is 7.59. The van der Waals surface area contributed by atoms with E-state index in [-0.39, 0.29) is 18.1 Å². The molecule has 0 aliphatic rings. The summed E-state index contributed by atoms with van der Waals surface area (Å²) < 4.78 is 0. The number of benzene rings is 3. The SMILES string of the molecule is C=C(c1cccc(C(CCO)c2ccccc2C(=O)O)c1)c1ccc2ccc(Cl)cc2n1. The monoisotopic (exact) mass is 443 g/mol. The summed E-state index contributed by atoms with van der Waals surface area (Å²) in [5.41, 5.74) is 4.99. The Morgan fingerprint density at radius 3 is 2.56 bits per heavy atom. The fourth-order valence-corrected chi connectivity index (χ4v) is 4.14. The highest BCUT2D eigenvalue weighted by Crippen LogP contribution is 2.33. The third-order valence-corrected chi connectivity index (χ3v) is 5.82. The minimum Gasteiger partial charge on any atom is -0.478 e. The number of pyridine rings is 1. The number of aromatic carboxylic acids is 1. The molecule has 0 aliphatic heterocycles. The number of carboxylic acid groups (broad SMARTS) is 1. The van der Waals surface area contributed by atoms with E-state index in [0.717, 1.165) is 33.3 Å². The van der Waals surface area contributed by atoms with Crippen molar-refractivity contribution in [1.29, 1.82) is 0 Å². The number of fused-ring (bicyclic) bond motifs is 1. The highest BCUT2D eigenvalue weighted by Gasteiger charge is 2.21. The van der Waals surface area contributed by atoms with Crippen molar-refractivity contribution >= 4 is 34.0 Å². The topological polar surface area (TPSA) is 70.4 Å². The summed E-state index contributed by atoms with van der Waals surface area (Å²) >= 11 is 6.12. The molecular weight excluding hydrogens is 422 g/mol. The van der Waals surface area contributed by atoms with Gasteiger partial charge in [-0.25, -0.2) is 9.78 Å². The molecule has 1 unspecified atom stereocenters. The molecule has 1 aromatic heterocycles. The molecule has 32 heavy (non-hydrogen) atoms. The van der Waals surface area contributed by atoms with E-state index >= 15 is 0 Å². The van der Waals surface area contributed by atoms with Gasteiger partial charge in [-0.3, -0.25) is 0 Å². The van der Waals surface area contributed by atoms with Crippen LogP contribution in [0.25, 0.3) is 16.5 Å². The van der Waals surface area contributed by atoms with Gasteiger partial charge in [-0.2, -0.15) is 0 Å². The molecular formula is C27H22ClNO3. The van der Waals surface area contributed by atoms with E-state index in [4.69, 9.17) is 16.6 Å². The number of hydrogen-bond donors (Lipinski definition) is 2. The normalized spacial score (nSPS) is 11.9. The van der Waals surface area contributed by atoms with Gasteiger partial charge in [0.05, 0.1) is 16.8 Å². The third-order valence-electron chi connectivity index (χ3n) is 5.59. The Kier molecular flexibility index (Phi) is 6.35. The first-order valence-electron chi connectivity index (χ1n) is 10.3. The standard InChI is InChI=1S/C27H22ClNO3/c1-17(25-12-10-18-9-11-21(28)16-26(18)29-25)19-5-4-6-20(15-19)22(13-14-30)23-7-2-3-8-24(23)27(31)32/h2-12,15-16,22,30H,1,13-14H2,(H,31,32). The average molecular weight is 444 g/mol. The van der Waals surface area contributed by atoms with E-state index in [1.54, 1.807) is 18.2 Å². The average Bonchev–Trinajstić information content (AvgIpc) is 2.81. The molecule has 0 spiro atoms. The fourth-order valence-electron chi connectivity index (χ4n) is 3.98. The number of nitrogens with zero attached hydrogens (tertiary/aromatic N) is 1. The van der Waals surface area contributed by atoms with E-state index in [1.165, 1.54) is 0 Å². The summed E-state index contributed by atoms with van der Waals surface area (Å²) in [6.45, 7) is 4.19. The lowest BCUT2D eigenvalue weighted by Crippen LogP contribution is -2.10. The second kappa shape index (κ2) is 9.35. The van der Waals surface area contributed by atoms with Crippen LogP contribution in [0.5, 0.6) is 0 Å². The lowest BCUT2D eigenvalue weighted by atomic mass is 9.84. The highest BCUT2D eigenvalue weighted by molar-refractivity contribution is 6.31. The maximum atomic E-state index is 11.8. The number of hydrogen-bond acceptors (Lipinski definition) is 3. The fraction of sp³-hybridized carbons (Fsp3) is 0.111. The van der Waals surface area contributed by atoms with E-state index in [2.05, 4.69) is 6.58 Å². The van der Waals surface area contributed by atoms with Crippen molar-refractivity contribution in [2.24, 2.45) is 0 Å². The van der Waals surface area contributed by atoms with Gasteiger partial charge < -0.3 is 10.2 Å². The molecule has 5 heteroatoms. The minimum absolute atomic E-state index is 0.0587. The van der Waals surface area contributed by atoms with Crippen LogP contribution in [0.2, 0.25) is 5.02 Å². The first-order valence-corrected chi connectivity index (χ1v) is 10.6. The molecule has 0 radical (unpaired) electrons. The Morgan fingerprint density at radius 1 is 1.00 bits per heavy atom. The molecule has 0 fully saturated rings. The summed E-state index contributed by atoms with van der Waals surface area (Å²) in [6.07, 6.45) is 0.410. The first-order chi connectivity index (χ1) is 15.5. The number of carboxylic acids is 1. The maximum Gasteiger partial charge on any atom is 0.335 e.